The van der Waals surface area contributed by atoms with Crippen LogP contribution in [-0.4, -0.2) is 35.0 Å². The number of aromatic nitrogens is 6. The standard InChI is InChI=1S/C39H66N6O2/c1-4-6-8-10-12-14-15-16-17-18-19-20-22-24-26-28-30-44-37-35(43-39(44)47)34-36(40-31-41-37)45(32-42-34)38(46)33(3)29-27-25-23-21-13-11-9-7-5-2/h31-33H,4-30H2,1-3H3. The first-order valence-electron chi connectivity index (χ1n) is 19.7. The molecule has 0 spiro atoms. The Morgan fingerprint density at radius 1 is 0.638 bits per heavy atom. The minimum Gasteiger partial charge on any atom is -0.275 e. The lowest BCUT2D eigenvalue weighted by Crippen LogP contribution is -2.19. The second-order valence-electron chi connectivity index (χ2n) is 14.0. The Balaban J connectivity index is 1.35. The number of unbranched alkanes of at least 4 members (excludes halogenated alkanes) is 23. The summed E-state index contributed by atoms with van der Waals surface area (Å²) in [5.74, 6) is 0.350. The molecule has 0 aromatic carbocycles. The molecule has 0 saturated heterocycles. The summed E-state index contributed by atoms with van der Waals surface area (Å²) in [4.78, 5) is 44.0. The molecule has 3 heterocycles. The molecule has 0 saturated carbocycles. The van der Waals surface area contributed by atoms with Gasteiger partial charge in [0.15, 0.2) is 11.5 Å². The molecule has 3 rings (SSSR count). The molecule has 1 aromatic heterocycles. The Labute approximate surface area is 285 Å². The molecule has 0 amide bonds. The van der Waals surface area contributed by atoms with Gasteiger partial charge in [-0.25, -0.2) is 19.7 Å². The van der Waals surface area contributed by atoms with Gasteiger partial charge in [-0.3, -0.25) is 13.9 Å². The molecule has 0 fully saturated rings. The fourth-order valence-electron chi connectivity index (χ4n) is 6.79. The Kier molecular flexibility index (Phi) is 19.5. The van der Waals surface area contributed by atoms with E-state index in [-0.39, 0.29) is 17.5 Å². The fourth-order valence-corrected chi connectivity index (χ4v) is 6.79. The highest BCUT2D eigenvalue weighted by atomic mass is 16.2. The first kappa shape index (κ1) is 38.8. The SMILES string of the molecule is CCCCCCCCCCCCCCCCCCn1c2ncnc3c(ncn3C(=O)C(C)CCCCCCCCCCC)c-2nc1=O. The van der Waals surface area contributed by atoms with Gasteiger partial charge in [-0.15, -0.1) is 0 Å². The van der Waals surface area contributed by atoms with E-state index in [2.05, 4.69) is 33.8 Å². The van der Waals surface area contributed by atoms with Crippen LogP contribution in [0.1, 0.15) is 193 Å². The molecule has 8 nitrogen and oxygen atoms in total. The highest BCUT2D eigenvalue weighted by molar-refractivity contribution is 5.93. The van der Waals surface area contributed by atoms with Crippen molar-refractivity contribution < 1.29 is 4.79 Å². The van der Waals surface area contributed by atoms with Gasteiger partial charge in [-0.1, -0.05) is 175 Å². The number of imidazole rings is 2. The van der Waals surface area contributed by atoms with E-state index >= 15 is 0 Å². The van der Waals surface area contributed by atoms with Crippen LogP contribution in [0.25, 0.3) is 22.7 Å². The topological polar surface area (TPSA) is 95.6 Å². The van der Waals surface area contributed by atoms with Crippen LogP contribution in [0.3, 0.4) is 0 Å². The molecule has 47 heavy (non-hydrogen) atoms. The van der Waals surface area contributed by atoms with Gasteiger partial charge in [0.25, 0.3) is 0 Å². The lowest BCUT2D eigenvalue weighted by Gasteiger charge is -2.10. The number of hydrogen-bond acceptors (Lipinski definition) is 6. The van der Waals surface area contributed by atoms with Crippen LogP contribution in [0, 0.1) is 5.92 Å². The second kappa shape index (κ2) is 23.6. The molecular weight excluding hydrogens is 584 g/mol. The smallest absolute Gasteiger partial charge is 0.275 e. The molecule has 1 atom stereocenters. The lowest BCUT2D eigenvalue weighted by atomic mass is 10.0. The van der Waals surface area contributed by atoms with E-state index in [0.29, 0.717) is 29.2 Å². The van der Waals surface area contributed by atoms with Crippen molar-refractivity contribution >= 4 is 17.1 Å². The van der Waals surface area contributed by atoms with Crippen molar-refractivity contribution in [2.75, 3.05) is 0 Å². The third-order valence-electron chi connectivity index (χ3n) is 9.87. The minimum atomic E-state index is -0.305. The highest BCUT2D eigenvalue weighted by Crippen LogP contribution is 2.24. The molecule has 264 valence electrons. The van der Waals surface area contributed by atoms with Crippen LogP contribution in [0.2, 0.25) is 0 Å². The van der Waals surface area contributed by atoms with Crippen molar-refractivity contribution in [1.29, 1.82) is 0 Å². The molecule has 1 unspecified atom stereocenters. The Morgan fingerprint density at radius 2 is 1.11 bits per heavy atom. The van der Waals surface area contributed by atoms with Gasteiger partial charge < -0.3 is 0 Å². The number of nitrogens with zero attached hydrogens (tertiary/aromatic N) is 6. The molecule has 0 aliphatic carbocycles. The zero-order chi connectivity index (χ0) is 33.5. The first-order valence-corrected chi connectivity index (χ1v) is 19.7. The fraction of sp³-hybridized carbons (Fsp3) is 0.795. The molecule has 0 radical (unpaired) electrons. The molecule has 2 aliphatic rings. The van der Waals surface area contributed by atoms with Crippen molar-refractivity contribution in [2.24, 2.45) is 5.92 Å². The summed E-state index contributed by atoms with van der Waals surface area (Å²) < 4.78 is 3.17. The number of carbonyl (C=O) groups excluding carboxylic acids is 1. The van der Waals surface area contributed by atoms with Crippen molar-refractivity contribution in [3.63, 3.8) is 0 Å². The largest absolute Gasteiger partial charge is 0.350 e. The monoisotopic (exact) mass is 651 g/mol. The van der Waals surface area contributed by atoms with E-state index in [1.807, 2.05) is 6.92 Å². The predicted molar refractivity (Wildman–Crippen MR) is 195 cm³/mol. The summed E-state index contributed by atoms with van der Waals surface area (Å²) in [5.41, 5.74) is 1.00. The van der Waals surface area contributed by atoms with E-state index < -0.39 is 0 Å². The Bertz CT molecular complexity index is 1280. The van der Waals surface area contributed by atoms with Gasteiger partial charge in [0.2, 0.25) is 5.91 Å². The number of rotatable bonds is 28. The van der Waals surface area contributed by atoms with Crippen LogP contribution in [0.4, 0.5) is 0 Å². The summed E-state index contributed by atoms with van der Waals surface area (Å²) in [7, 11) is 0. The normalized spacial score (nSPS) is 12.4. The maximum Gasteiger partial charge on any atom is 0.350 e. The van der Waals surface area contributed by atoms with Crippen LogP contribution >= 0.6 is 0 Å². The lowest BCUT2D eigenvalue weighted by molar-refractivity contribution is 0.0841. The second-order valence-corrected chi connectivity index (χ2v) is 14.0. The van der Waals surface area contributed by atoms with Crippen molar-refractivity contribution in [3.8, 4) is 11.5 Å². The molecule has 8 heteroatoms. The predicted octanol–water partition coefficient (Wildman–Crippen LogP) is 10.9. The summed E-state index contributed by atoms with van der Waals surface area (Å²) in [6.07, 6.45) is 36.2. The van der Waals surface area contributed by atoms with Crippen LogP contribution in [-0.2, 0) is 6.54 Å². The van der Waals surface area contributed by atoms with Crippen molar-refractivity contribution in [1.82, 2.24) is 29.1 Å². The van der Waals surface area contributed by atoms with E-state index in [1.165, 1.54) is 152 Å². The summed E-state index contributed by atoms with van der Waals surface area (Å²) >= 11 is 0. The van der Waals surface area contributed by atoms with Gasteiger partial charge >= 0.3 is 5.69 Å². The molecule has 1 aromatic rings. The Hall–Kier alpha value is -2.64. The van der Waals surface area contributed by atoms with Gasteiger partial charge in [0.05, 0.1) is 0 Å². The molecule has 0 N–H and O–H groups in total. The van der Waals surface area contributed by atoms with Crippen molar-refractivity contribution in [3.05, 3.63) is 23.1 Å². The highest BCUT2D eigenvalue weighted by Gasteiger charge is 2.24. The zero-order valence-electron chi connectivity index (χ0n) is 30.3. The van der Waals surface area contributed by atoms with E-state index in [9.17, 15) is 9.59 Å². The van der Waals surface area contributed by atoms with Gasteiger partial charge in [0.1, 0.15) is 23.9 Å². The minimum absolute atomic E-state index is 0.0196. The van der Waals surface area contributed by atoms with E-state index in [4.69, 9.17) is 0 Å². The quantitative estimate of drug-likeness (QED) is 0.0726. The first-order chi connectivity index (χ1) is 23.1. The van der Waals surface area contributed by atoms with Gasteiger partial charge in [-0.05, 0) is 12.8 Å². The van der Waals surface area contributed by atoms with Crippen LogP contribution in [0.5, 0.6) is 0 Å². The van der Waals surface area contributed by atoms with E-state index in [0.717, 1.165) is 32.1 Å². The Morgan fingerprint density at radius 3 is 1.62 bits per heavy atom. The zero-order valence-corrected chi connectivity index (χ0v) is 30.3. The number of carbonyl (C=O) groups is 1. The van der Waals surface area contributed by atoms with Crippen molar-refractivity contribution in [2.45, 2.75) is 194 Å². The third kappa shape index (κ3) is 13.8. The average Bonchev–Trinajstić information content (AvgIpc) is 3.57. The van der Waals surface area contributed by atoms with Gasteiger partial charge in [0, 0.05) is 12.5 Å². The molecular formula is C39H66N6O2. The van der Waals surface area contributed by atoms with Crippen LogP contribution < -0.4 is 5.69 Å². The maximum atomic E-state index is 13.3. The molecule has 0 bridgehead atoms. The van der Waals surface area contributed by atoms with Gasteiger partial charge in [-0.2, -0.15) is 4.98 Å². The summed E-state index contributed by atoms with van der Waals surface area (Å²) in [5, 5.41) is 0. The third-order valence-corrected chi connectivity index (χ3v) is 9.87. The maximum absolute atomic E-state index is 13.3. The van der Waals surface area contributed by atoms with E-state index in [1.54, 1.807) is 4.57 Å². The summed E-state index contributed by atoms with van der Waals surface area (Å²) in [6, 6.07) is 0. The summed E-state index contributed by atoms with van der Waals surface area (Å²) in [6.45, 7) is 7.10. The molecule has 2 aliphatic heterocycles. The number of hydrogen-bond donors (Lipinski definition) is 0. The average molecular weight is 651 g/mol. The number of fused-ring (bicyclic) bond motifs is 3. The van der Waals surface area contributed by atoms with Crippen LogP contribution in [0.15, 0.2) is 17.4 Å².